The quantitative estimate of drug-likeness (QED) is 0.592. The Bertz CT molecular complexity index is 212. The Kier molecular flexibility index (Phi) is 1.91. The van der Waals surface area contributed by atoms with Crippen LogP contribution in [0, 0.1) is 6.07 Å². The Morgan fingerprint density at radius 3 is 3.09 bits per heavy atom. The van der Waals surface area contributed by atoms with Crippen molar-refractivity contribution >= 4 is 0 Å². The van der Waals surface area contributed by atoms with Gasteiger partial charge in [-0.2, -0.15) is 0 Å². The molecular weight excluding hydrogens is 136 g/mol. The third-order valence-corrected chi connectivity index (χ3v) is 2.01. The summed E-state index contributed by atoms with van der Waals surface area (Å²) in [6.45, 7) is 0.910. The van der Waals surface area contributed by atoms with Gasteiger partial charge in [0.05, 0.1) is 6.10 Å². The molecule has 1 nitrogen and oxygen atoms in total. The van der Waals surface area contributed by atoms with Crippen molar-refractivity contribution < 1.29 is 4.74 Å². The van der Waals surface area contributed by atoms with Crippen LogP contribution in [0.2, 0.25) is 0 Å². The first-order valence-corrected chi connectivity index (χ1v) is 4.05. The lowest BCUT2D eigenvalue weighted by Crippen LogP contribution is -1.94. The summed E-state index contributed by atoms with van der Waals surface area (Å²) in [4.78, 5) is 0. The standard InChI is InChI=1S/C10H11O/c1-2-5-9(6-3-1)10-7-4-8-11-10/h1-3,5,10H,4,7-8H2. The number of benzene rings is 1. The summed E-state index contributed by atoms with van der Waals surface area (Å²) in [5.41, 5.74) is 1.20. The van der Waals surface area contributed by atoms with Crippen LogP contribution >= 0.6 is 0 Å². The summed E-state index contributed by atoms with van der Waals surface area (Å²) in [6.07, 6.45) is 2.66. The zero-order valence-electron chi connectivity index (χ0n) is 6.42. The van der Waals surface area contributed by atoms with Crippen LogP contribution in [0.25, 0.3) is 0 Å². The lowest BCUT2D eigenvalue weighted by Gasteiger charge is -2.07. The van der Waals surface area contributed by atoms with Gasteiger partial charge in [0.15, 0.2) is 0 Å². The summed E-state index contributed by atoms with van der Waals surface area (Å²) in [5, 5.41) is 0. The fourth-order valence-electron chi connectivity index (χ4n) is 1.43. The minimum atomic E-state index is 0.316. The smallest absolute Gasteiger partial charge is 0.0831 e. The molecule has 2 rings (SSSR count). The van der Waals surface area contributed by atoms with E-state index < -0.39 is 0 Å². The van der Waals surface area contributed by atoms with Gasteiger partial charge in [-0.3, -0.25) is 0 Å². The van der Waals surface area contributed by atoms with Gasteiger partial charge in [-0.25, -0.2) is 0 Å². The second kappa shape index (κ2) is 3.05. The molecule has 0 N–H and O–H groups in total. The number of rotatable bonds is 1. The highest BCUT2D eigenvalue weighted by atomic mass is 16.5. The molecular formula is C10H11O. The van der Waals surface area contributed by atoms with Crippen molar-refractivity contribution in [2.24, 2.45) is 0 Å². The molecule has 0 spiro atoms. The predicted molar refractivity (Wildman–Crippen MR) is 43.2 cm³/mol. The van der Waals surface area contributed by atoms with Crippen molar-refractivity contribution in [3.8, 4) is 0 Å². The molecule has 1 unspecified atom stereocenters. The molecule has 1 radical (unpaired) electrons. The molecule has 0 aromatic heterocycles. The molecule has 0 bridgehead atoms. The van der Waals surface area contributed by atoms with Gasteiger partial charge in [-0.15, -0.1) is 0 Å². The third kappa shape index (κ3) is 1.43. The summed E-state index contributed by atoms with van der Waals surface area (Å²) in [6, 6.07) is 11.2. The number of hydrogen-bond acceptors (Lipinski definition) is 1. The molecule has 1 aliphatic heterocycles. The first-order chi connectivity index (χ1) is 5.47. The second-order valence-corrected chi connectivity index (χ2v) is 2.82. The summed E-state index contributed by atoms with van der Waals surface area (Å²) >= 11 is 0. The van der Waals surface area contributed by atoms with Crippen LogP contribution in [-0.2, 0) is 4.74 Å². The first-order valence-electron chi connectivity index (χ1n) is 4.05. The fourth-order valence-corrected chi connectivity index (χ4v) is 1.43. The average molecular weight is 147 g/mol. The fraction of sp³-hybridized carbons (Fsp3) is 0.400. The van der Waals surface area contributed by atoms with E-state index in [0.29, 0.717) is 6.10 Å². The van der Waals surface area contributed by atoms with Gasteiger partial charge in [0.2, 0.25) is 0 Å². The van der Waals surface area contributed by atoms with E-state index in [1.807, 2.05) is 18.2 Å². The van der Waals surface area contributed by atoms with Crippen LogP contribution in [0.5, 0.6) is 0 Å². The molecule has 1 aromatic rings. The van der Waals surface area contributed by atoms with E-state index in [1.165, 1.54) is 12.0 Å². The van der Waals surface area contributed by atoms with Crippen LogP contribution in [0.15, 0.2) is 24.3 Å². The maximum absolute atomic E-state index is 5.51. The predicted octanol–water partition coefficient (Wildman–Crippen LogP) is 2.34. The molecule has 1 saturated heterocycles. The van der Waals surface area contributed by atoms with Gasteiger partial charge in [0.25, 0.3) is 0 Å². The molecule has 0 saturated carbocycles. The highest BCUT2D eigenvalue weighted by Crippen LogP contribution is 2.27. The monoisotopic (exact) mass is 147 g/mol. The minimum absolute atomic E-state index is 0.316. The Balaban J connectivity index is 2.16. The Morgan fingerprint density at radius 1 is 1.45 bits per heavy atom. The highest BCUT2D eigenvalue weighted by molar-refractivity contribution is 5.16. The van der Waals surface area contributed by atoms with E-state index in [-0.39, 0.29) is 0 Å². The Morgan fingerprint density at radius 2 is 2.45 bits per heavy atom. The zero-order valence-corrected chi connectivity index (χ0v) is 6.42. The van der Waals surface area contributed by atoms with E-state index in [4.69, 9.17) is 4.74 Å². The molecule has 57 valence electrons. The lowest BCUT2D eigenvalue weighted by molar-refractivity contribution is 0.112. The van der Waals surface area contributed by atoms with Crippen LogP contribution in [0.4, 0.5) is 0 Å². The van der Waals surface area contributed by atoms with Crippen molar-refractivity contribution in [3.05, 3.63) is 35.9 Å². The molecule has 0 amide bonds. The van der Waals surface area contributed by atoms with Crippen molar-refractivity contribution in [1.82, 2.24) is 0 Å². The molecule has 1 aliphatic rings. The summed E-state index contributed by atoms with van der Waals surface area (Å²) in [5.74, 6) is 0. The van der Waals surface area contributed by atoms with Gasteiger partial charge in [-0.1, -0.05) is 24.3 Å². The second-order valence-electron chi connectivity index (χ2n) is 2.82. The first kappa shape index (κ1) is 6.86. The van der Waals surface area contributed by atoms with Gasteiger partial charge in [0.1, 0.15) is 0 Å². The van der Waals surface area contributed by atoms with Crippen LogP contribution in [0.1, 0.15) is 24.5 Å². The maximum atomic E-state index is 5.51. The minimum Gasteiger partial charge on any atom is -0.374 e. The van der Waals surface area contributed by atoms with E-state index in [2.05, 4.69) is 12.1 Å². The third-order valence-electron chi connectivity index (χ3n) is 2.01. The summed E-state index contributed by atoms with van der Waals surface area (Å²) < 4.78 is 5.51. The van der Waals surface area contributed by atoms with Crippen molar-refractivity contribution in [2.45, 2.75) is 18.9 Å². The van der Waals surface area contributed by atoms with Crippen molar-refractivity contribution in [1.29, 1.82) is 0 Å². The maximum Gasteiger partial charge on any atom is 0.0831 e. The normalized spacial score (nSPS) is 23.8. The lowest BCUT2D eigenvalue weighted by atomic mass is 10.1. The van der Waals surface area contributed by atoms with Gasteiger partial charge >= 0.3 is 0 Å². The molecule has 1 atom stereocenters. The Hall–Kier alpha value is -0.820. The largest absolute Gasteiger partial charge is 0.374 e. The average Bonchev–Trinajstić information content (AvgIpc) is 2.58. The van der Waals surface area contributed by atoms with Gasteiger partial charge in [0, 0.05) is 6.61 Å². The van der Waals surface area contributed by atoms with Crippen molar-refractivity contribution in [2.75, 3.05) is 6.61 Å². The SMILES string of the molecule is [c]1ccccc1C1CCCO1. The van der Waals surface area contributed by atoms with Crippen LogP contribution < -0.4 is 0 Å². The topological polar surface area (TPSA) is 9.23 Å². The molecule has 1 aromatic carbocycles. The van der Waals surface area contributed by atoms with Crippen molar-refractivity contribution in [3.63, 3.8) is 0 Å². The van der Waals surface area contributed by atoms with E-state index in [9.17, 15) is 0 Å². The molecule has 0 aliphatic carbocycles. The highest BCUT2D eigenvalue weighted by Gasteiger charge is 2.16. The van der Waals surface area contributed by atoms with E-state index >= 15 is 0 Å². The van der Waals surface area contributed by atoms with Crippen LogP contribution in [-0.4, -0.2) is 6.61 Å². The zero-order chi connectivity index (χ0) is 7.52. The van der Waals surface area contributed by atoms with E-state index in [1.54, 1.807) is 0 Å². The molecule has 1 heterocycles. The number of ether oxygens (including phenoxy) is 1. The molecule has 1 heteroatoms. The number of hydrogen-bond donors (Lipinski definition) is 0. The van der Waals surface area contributed by atoms with E-state index in [0.717, 1.165) is 13.0 Å². The molecule has 11 heavy (non-hydrogen) atoms. The Labute approximate surface area is 67.0 Å². The van der Waals surface area contributed by atoms with Gasteiger partial charge < -0.3 is 4.74 Å². The van der Waals surface area contributed by atoms with Gasteiger partial charge in [-0.05, 0) is 24.5 Å². The molecule has 1 fully saturated rings. The van der Waals surface area contributed by atoms with Crippen LogP contribution in [0.3, 0.4) is 0 Å². The summed E-state index contributed by atoms with van der Waals surface area (Å²) in [7, 11) is 0.